The molecule has 0 saturated heterocycles. The van der Waals surface area contributed by atoms with Crippen molar-refractivity contribution in [2.75, 3.05) is 6.26 Å². The lowest BCUT2D eigenvalue weighted by Gasteiger charge is -2.02. The molecule has 0 fully saturated rings. The monoisotopic (exact) mass is 189 g/mol. The van der Waals surface area contributed by atoms with Crippen LogP contribution < -0.4 is 0 Å². The number of hydrogen-bond donors (Lipinski definition) is 0. The maximum absolute atomic E-state index is 4.43. The molecule has 0 bridgehead atoms. The Morgan fingerprint density at radius 1 is 1.31 bits per heavy atom. The maximum Gasteiger partial charge on any atom is 0.0837 e. The summed E-state index contributed by atoms with van der Waals surface area (Å²) in [4.78, 5) is 5.68. The van der Waals surface area contributed by atoms with Gasteiger partial charge < -0.3 is 0 Å². The molecular formula is C11H11NS. The van der Waals surface area contributed by atoms with Gasteiger partial charge in [-0.2, -0.15) is 0 Å². The van der Waals surface area contributed by atoms with Crippen LogP contribution in [0, 0.1) is 6.92 Å². The zero-order chi connectivity index (χ0) is 9.26. The van der Waals surface area contributed by atoms with Crippen molar-refractivity contribution in [2.24, 2.45) is 0 Å². The van der Waals surface area contributed by atoms with Crippen molar-refractivity contribution in [2.45, 2.75) is 11.8 Å². The van der Waals surface area contributed by atoms with E-state index >= 15 is 0 Å². The van der Waals surface area contributed by atoms with Gasteiger partial charge in [-0.3, -0.25) is 4.98 Å². The molecule has 0 aliphatic rings. The molecule has 1 aromatic heterocycles. The molecule has 0 spiro atoms. The Morgan fingerprint density at radius 2 is 2.15 bits per heavy atom. The molecule has 2 rings (SSSR count). The van der Waals surface area contributed by atoms with E-state index in [0.29, 0.717) is 0 Å². The first-order valence-electron chi connectivity index (χ1n) is 4.20. The molecule has 66 valence electrons. The molecular weight excluding hydrogens is 178 g/mol. The number of para-hydroxylation sites is 1. The van der Waals surface area contributed by atoms with Crippen LogP contribution in [0.5, 0.6) is 0 Å². The van der Waals surface area contributed by atoms with Crippen LogP contribution >= 0.6 is 11.8 Å². The Morgan fingerprint density at radius 3 is 2.92 bits per heavy atom. The minimum atomic E-state index is 1.11. The van der Waals surface area contributed by atoms with Gasteiger partial charge in [0.1, 0.15) is 0 Å². The van der Waals surface area contributed by atoms with Crippen molar-refractivity contribution in [3.8, 4) is 0 Å². The highest BCUT2D eigenvalue weighted by Gasteiger charge is 1.99. The van der Waals surface area contributed by atoms with E-state index in [0.717, 1.165) is 5.52 Å². The third-order valence-corrected chi connectivity index (χ3v) is 2.80. The first-order valence-corrected chi connectivity index (χ1v) is 5.43. The molecule has 2 aromatic rings. The normalized spacial score (nSPS) is 10.6. The van der Waals surface area contributed by atoms with Crippen LogP contribution in [0.25, 0.3) is 10.9 Å². The summed E-state index contributed by atoms with van der Waals surface area (Å²) in [5, 5.41) is 1.23. The van der Waals surface area contributed by atoms with Crippen molar-refractivity contribution in [1.82, 2.24) is 4.98 Å². The van der Waals surface area contributed by atoms with E-state index in [1.807, 2.05) is 6.20 Å². The standard InChI is InChI=1S/C11H11NS/c1-8-6-9-4-3-5-10(13-2)11(9)12-7-8/h3-7H,1-2H3. The second kappa shape index (κ2) is 3.38. The lowest BCUT2D eigenvalue weighted by molar-refractivity contribution is 1.30. The highest BCUT2D eigenvalue weighted by Crippen LogP contribution is 2.24. The summed E-state index contributed by atoms with van der Waals surface area (Å²) < 4.78 is 0. The Hall–Kier alpha value is -1.02. The van der Waals surface area contributed by atoms with E-state index in [1.165, 1.54) is 15.8 Å². The van der Waals surface area contributed by atoms with Crippen LogP contribution in [0.3, 0.4) is 0 Å². The van der Waals surface area contributed by atoms with Gasteiger partial charge in [0.25, 0.3) is 0 Å². The lowest BCUT2D eigenvalue weighted by atomic mass is 10.2. The minimum absolute atomic E-state index is 1.11. The molecule has 1 heterocycles. The summed E-state index contributed by atoms with van der Waals surface area (Å²) in [6, 6.07) is 8.46. The van der Waals surface area contributed by atoms with Crippen LogP contribution in [-0.2, 0) is 0 Å². The highest BCUT2D eigenvalue weighted by atomic mass is 32.2. The molecule has 2 heteroatoms. The van der Waals surface area contributed by atoms with Gasteiger partial charge in [-0.05, 0) is 30.9 Å². The zero-order valence-corrected chi connectivity index (χ0v) is 8.56. The van der Waals surface area contributed by atoms with Crippen molar-refractivity contribution in [3.05, 3.63) is 36.0 Å². The summed E-state index contributed by atoms with van der Waals surface area (Å²) >= 11 is 1.74. The fraction of sp³-hybridized carbons (Fsp3) is 0.182. The van der Waals surface area contributed by atoms with Gasteiger partial charge in [0.2, 0.25) is 0 Å². The third-order valence-electron chi connectivity index (χ3n) is 2.03. The number of hydrogen-bond acceptors (Lipinski definition) is 2. The molecule has 0 amide bonds. The van der Waals surface area contributed by atoms with Gasteiger partial charge >= 0.3 is 0 Å². The smallest absolute Gasteiger partial charge is 0.0837 e. The van der Waals surface area contributed by atoms with Crippen molar-refractivity contribution in [1.29, 1.82) is 0 Å². The number of rotatable bonds is 1. The van der Waals surface area contributed by atoms with E-state index in [9.17, 15) is 0 Å². The molecule has 13 heavy (non-hydrogen) atoms. The van der Waals surface area contributed by atoms with Crippen molar-refractivity contribution in [3.63, 3.8) is 0 Å². The van der Waals surface area contributed by atoms with Crippen LogP contribution in [0.15, 0.2) is 35.4 Å². The Bertz CT molecular complexity index is 437. The van der Waals surface area contributed by atoms with E-state index in [1.54, 1.807) is 11.8 Å². The Labute approximate surface area is 82.2 Å². The average Bonchev–Trinajstić information content (AvgIpc) is 2.16. The lowest BCUT2D eigenvalue weighted by Crippen LogP contribution is -1.83. The van der Waals surface area contributed by atoms with Gasteiger partial charge in [0.05, 0.1) is 5.52 Å². The fourth-order valence-electron chi connectivity index (χ4n) is 1.41. The first kappa shape index (κ1) is 8.57. The number of thioether (sulfide) groups is 1. The van der Waals surface area contributed by atoms with Crippen molar-refractivity contribution >= 4 is 22.7 Å². The van der Waals surface area contributed by atoms with Crippen LogP contribution in [0.2, 0.25) is 0 Å². The first-order chi connectivity index (χ1) is 6.31. The molecule has 0 aliphatic heterocycles. The fourth-order valence-corrected chi connectivity index (χ4v) is 1.99. The van der Waals surface area contributed by atoms with Crippen molar-refractivity contribution < 1.29 is 0 Å². The van der Waals surface area contributed by atoms with Crippen LogP contribution in [0.4, 0.5) is 0 Å². The molecule has 1 aromatic carbocycles. The molecule has 0 unspecified atom stereocenters. The quantitative estimate of drug-likeness (QED) is 0.639. The predicted octanol–water partition coefficient (Wildman–Crippen LogP) is 3.27. The van der Waals surface area contributed by atoms with E-state index in [-0.39, 0.29) is 0 Å². The molecule has 1 nitrogen and oxygen atoms in total. The summed E-state index contributed by atoms with van der Waals surface area (Å²) in [6.07, 6.45) is 4.00. The van der Waals surface area contributed by atoms with Gasteiger partial charge in [0, 0.05) is 16.5 Å². The topological polar surface area (TPSA) is 12.9 Å². The van der Waals surface area contributed by atoms with Crippen LogP contribution in [0.1, 0.15) is 5.56 Å². The molecule has 0 aliphatic carbocycles. The average molecular weight is 189 g/mol. The largest absolute Gasteiger partial charge is 0.255 e. The molecule has 0 atom stereocenters. The molecule has 0 saturated carbocycles. The minimum Gasteiger partial charge on any atom is -0.255 e. The summed E-state index contributed by atoms with van der Waals surface area (Å²) in [6.45, 7) is 2.07. The summed E-state index contributed by atoms with van der Waals surface area (Å²) in [7, 11) is 0. The second-order valence-corrected chi connectivity index (χ2v) is 3.89. The summed E-state index contributed by atoms with van der Waals surface area (Å²) in [5.41, 5.74) is 2.33. The number of aromatic nitrogens is 1. The number of pyridine rings is 1. The summed E-state index contributed by atoms with van der Waals surface area (Å²) in [5.74, 6) is 0. The number of aryl methyl sites for hydroxylation is 1. The molecule has 0 N–H and O–H groups in total. The third kappa shape index (κ3) is 1.54. The van der Waals surface area contributed by atoms with E-state index in [2.05, 4.69) is 42.4 Å². The maximum atomic E-state index is 4.43. The molecule has 0 radical (unpaired) electrons. The number of fused-ring (bicyclic) bond motifs is 1. The van der Waals surface area contributed by atoms with Crippen LogP contribution in [-0.4, -0.2) is 11.2 Å². The second-order valence-electron chi connectivity index (χ2n) is 3.04. The predicted molar refractivity (Wildman–Crippen MR) is 58.3 cm³/mol. The van der Waals surface area contributed by atoms with E-state index in [4.69, 9.17) is 0 Å². The van der Waals surface area contributed by atoms with Gasteiger partial charge in [-0.1, -0.05) is 12.1 Å². The number of nitrogens with zero attached hydrogens (tertiary/aromatic N) is 1. The Kier molecular flexibility index (Phi) is 2.23. The Balaban J connectivity index is 2.77. The highest BCUT2D eigenvalue weighted by molar-refractivity contribution is 7.98. The van der Waals surface area contributed by atoms with E-state index < -0.39 is 0 Å². The van der Waals surface area contributed by atoms with Gasteiger partial charge in [0.15, 0.2) is 0 Å². The van der Waals surface area contributed by atoms with Gasteiger partial charge in [-0.15, -0.1) is 11.8 Å². The SMILES string of the molecule is CSc1cccc2cc(C)cnc12. The number of benzene rings is 1. The zero-order valence-electron chi connectivity index (χ0n) is 7.74. The van der Waals surface area contributed by atoms with Gasteiger partial charge in [-0.25, -0.2) is 0 Å².